The van der Waals surface area contributed by atoms with E-state index in [1.165, 1.54) is 12.4 Å². The first kappa shape index (κ1) is 20.1. The number of rotatable bonds is 4. The molecule has 1 aliphatic heterocycles. The molecule has 4 heterocycles. The van der Waals surface area contributed by atoms with Crippen molar-refractivity contribution in [3.63, 3.8) is 0 Å². The van der Waals surface area contributed by atoms with E-state index in [4.69, 9.17) is 10.5 Å². The molecule has 9 heteroatoms. The predicted molar refractivity (Wildman–Crippen MR) is 120 cm³/mol. The first-order chi connectivity index (χ1) is 15.5. The molecule has 0 saturated carbocycles. The van der Waals surface area contributed by atoms with Crippen molar-refractivity contribution in [3.8, 4) is 17.4 Å². The van der Waals surface area contributed by atoms with Gasteiger partial charge in [0.15, 0.2) is 17.4 Å². The fourth-order valence-electron chi connectivity index (χ4n) is 4.04. The first-order valence-corrected chi connectivity index (χ1v) is 10.3. The molecule has 0 radical (unpaired) electrons. The Bertz CT molecular complexity index is 1360. The van der Waals surface area contributed by atoms with Crippen LogP contribution in [0.5, 0.6) is 11.8 Å². The second kappa shape index (κ2) is 8.01. The number of aryl methyl sites for hydroxylation is 2. The van der Waals surface area contributed by atoms with Gasteiger partial charge in [0.05, 0.1) is 11.2 Å². The van der Waals surface area contributed by atoms with Gasteiger partial charge < -0.3 is 20.4 Å². The molecule has 32 heavy (non-hydrogen) atoms. The maximum absolute atomic E-state index is 15.1. The minimum absolute atomic E-state index is 0.0411. The number of nitrogen functional groups attached to an aromatic ring is 1. The zero-order chi connectivity index (χ0) is 22.2. The van der Waals surface area contributed by atoms with E-state index in [1.807, 2.05) is 18.4 Å². The lowest BCUT2D eigenvalue weighted by Crippen LogP contribution is -2.21. The van der Waals surface area contributed by atoms with Gasteiger partial charge >= 0.3 is 6.01 Å². The molecule has 1 aromatic carbocycles. The lowest BCUT2D eigenvalue weighted by atomic mass is 10.0. The molecular weight excluding hydrogens is 409 g/mol. The molecule has 8 nitrogen and oxygen atoms in total. The quantitative estimate of drug-likeness (QED) is 0.507. The summed E-state index contributed by atoms with van der Waals surface area (Å²) < 4.78 is 22.6. The number of hydrogen-bond acceptors (Lipinski definition) is 7. The number of hydrogen-bond donors (Lipinski definition) is 2. The molecule has 0 bridgehead atoms. The topological polar surface area (TPSA) is 104 Å². The Hall–Kier alpha value is -3.85. The van der Waals surface area contributed by atoms with E-state index >= 15 is 4.39 Å². The van der Waals surface area contributed by atoms with Crippen LogP contribution in [0, 0.1) is 19.7 Å². The van der Waals surface area contributed by atoms with Crippen molar-refractivity contribution in [1.29, 1.82) is 0 Å². The van der Waals surface area contributed by atoms with Gasteiger partial charge in [0, 0.05) is 35.8 Å². The number of nitrogens with zero attached hydrogens (tertiary/aromatic N) is 5. The summed E-state index contributed by atoms with van der Waals surface area (Å²) in [6.45, 7) is 5.46. The second-order valence-electron chi connectivity index (χ2n) is 7.65. The molecule has 3 N–H and O–H groups in total. The highest BCUT2D eigenvalue weighted by atomic mass is 19.1. The van der Waals surface area contributed by atoms with Crippen molar-refractivity contribution < 1.29 is 9.13 Å². The second-order valence-corrected chi connectivity index (χ2v) is 7.65. The molecule has 162 valence electrons. The van der Waals surface area contributed by atoms with Gasteiger partial charge in [-0.15, -0.1) is 0 Å². The van der Waals surface area contributed by atoms with Gasteiger partial charge in [-0.05, 0) is 50.6 Å². The van der Waals surface area contributed by atoms with Gasteiger partial charge in [-0.3, -0.25) is 0 Å². The normalized spacial score (nSPS) is 13.9. The van der Waals surface area contributed by atoms with Crippen molar-refractivity contribution in [3.05, 3.63) is 65.6 Å². The Morgan fingerprint density at radius 1 is 1.16 bits per heavy atom. The average molecular weight is 431 g/mol. The van der Waals surface area contributed by atoms with Crippen LogP contribution in [0.4, 0.5) is 10.2 Å². The molecule has 0 saturated heterocycles. The minimum Gasteiger partial charge on any atom is -0.421 e. The Balaban J connectivity index is 1.66. The lowest BCUT2D eigenvalue weighted by Gasteiger charge is -2.19. The van der Waals surface area contributed by atoms with Gasteiger partial charge in [-0.25, -0.2) is 24.3 Å². The number of fused-ring (bicyclic) bond motifs is 1. The maximum atomic E-state index is 15.1. The van der Waals surface area contributed by atoms with Crippen molar-refractivity contribution in [2.24, 2.45) is 0 Å². The van der Waals surface area contributed by atoms with E-state index < -0.39 is 5.82 Å². The predicted octanol–water partition coefficient (Wildman–Crippen LogP) is 3.72. The smallest absolute Gasteiger partial charge is 0.322 e. The van der Waals surface area contributed by atoms with Crippen LogP contribution < -0.4 is 15.8 Å². The summed E-state index contributed by atoms with van der Waals surface area (Å²) in [5.41, 5.74) is 12.1. The zero-order valence-electron chi connectivity index (χ0n) is 17.8. The van der Waals surface area contributed by atoms with Crippen LogP contribution in [-0.2, 0) is 0 Å². The number of nitrogens with one attached hydrogen (secondary N) is 1. The molecule has 4 aromatic rings. The van der Waals surface area contributed by atoms with Crippen LogP contribution in [0.25, 0.3) is 22.3 Å². The van der Waals surface area contributed by atoms with Gasteiger partial charge in [0.1, 0.15) is 11.8 Å². The Morgan fingerprint density at radius 2 is 2.03 bits per heavy atom. The molecule has 0 spiro atoms. The van der Waals surface area contributed by atoms with E-state index in [2.05, 4.69) is 31.3 Å². The number of aromatic nitrogens is 5. The molecule has 3 aromatic heterocycles. The van der Waals surface area contributed by atoms with E-state index in [0.29, 0.717) is 17.0 Å². The third-order valence-corrected chi connectivity index (χ3v) is 5.52. The third-order valence-electron chi connectivity index (χ3n) is 5.52. The Labute approximate surface area is 184 Å². The standard InChI is InChI=1S/C23H22FN7O/c1-13-5-10-27-23(30-13)32-18-4-3-16(11-17(18)24)31-20(15-6-8-26-9-7-15)14(2)19-21(31)22(25)29-12-28-19/h3-6,10-12,26H,7-9H2,1-2H3,(H2,25,28,29). The zero-order valence-corrected chi connectivity index (χ0v) is 17.8. The summed E-state index contributed by atoms with van der Waals surface area (Å²) in [4.78, 5) is 16.8. The summed E-state index contributed by atoms with van der Waals surface area (Å²) in [6.07, 6.45) is 6.02. The van der Waals surface area contributed by atoms with Crippen LogP contribution in [-0.4, -0.2) is 37.6 Å². The van der Waals surface area contributed by atoms with Crippen molar-refractivity contribution in [2.45, 2.75) is 20.3 Å². The molecule has 0 fully saturated rings. The number of ether oxygens (including phenoxy) is 1. The monoisotopic (exact) mass is 431 g/mol. The SMILES string of the molecule is Cc1ccnc(Oc2ccc(-n3c(C4=CCNCC4)c(C)c4ncnc(N)c43)cc2F)n1. The molecule has 0 atom stereocenters. The van der Waals surface area contributed by atoms with Crippen LogP contribution in [0.15, 0.2) is 42.9 Å². The van der Waals surface area contributed by atoms with E-state index in [-0.39, 0.29) is 11.8 Å². The summed E-state index contributed by atoms with van der Waals surface area (Å²) in [6, 6.07) is 6.61. The van der Waals surface area contributed by atoms with Crippen LogP contribution in [0.1, 0.15) is 23.4 Å². The Morgan fingerprint density at radius 3 is 2.78 bits per heavy atom. The fraction of sp³-hybridized carbons (Fsp3) is 0.217. The minimum atomic E-state index is -0.534. The highest BCUT2D eigenvalue weighted by molar-refractivity contribution is 5.94. The highest BCUT2D eigenvalue weighted by Crippen LogP contribution is 2.37. The molecule has 0 unspecified atom stereocenters. The van der Waals surface area contributed by atoms with Crippen LogP contribution >= 0.6 is 0 Å². The first-order valence-electron chi connectivity index (χ1n) is 10.3. The number of benzene rings is 1. The summed E-state index contributed by atoms with van der Waals surface area (Å²) in [7, 11) is 0. The summed E-state index contributed by atoms with van der Waals surface area (Å²) in [5.74, 6) is -0.153. The van der Waals surface area contributed by atoms with E-state index in [1.54, 1.807) is 24.4 Å². The maximum Gasteiger partial charge on any atom is 0.322 e. The molecule has 0 amide bonds. The Kier molecular flexibility index (Phi) is 5.02. The van der Waals surface area contributed by atoms with Crippen molar-refractivity contribution in [1.82, 2.24) is 29.8 Å². The molecule has 5 rings (SSSR count). The fourth-order valence-corrected chi connectivity index (χ4v) is 4.04. The third kappa shape index (κ3) is 3.46. The summed E-state index contributed by atoms with van der Waals surface area (Å²) in [5, 5.41) is 3.33. The van der Waals surface area contributed by atoms with Gasteiger partial charge in [0.25, 0.3) is 0 Å². The van der Waals surface area contributed by atoms with Gasteiger partial charge in [-0.1, -0.05) is 6.08 Å². The van der Waals surface area contributed by atoms with E-state index in [0.717, 1.165) is 47.6 Å². The van der Waals surface area contributed by atoms with Crippen molar-refractivity contribution in [2.75, 3.05) is 18.8 Å². The number of anilines is 1. The lowest BCUT2D eigenvalue weighted by molar-refractivity contribution is 0.410. The van der Waals surface area contributed by atoms with Crippen LogP contribution in [0.2, 0.25) is 0 Å². The summed E-state index contributed by atoms with van der Waals surface area (Å²) >= 11 is 0. The van der Waals surface area contributed by atoms with Crippen LogP contribution in [0.3, 0.4) is 0 Å². The molecular formula is C23H22FN7O. The van der Waals surface area contributed by atoms with Crippen molar-refractivity contribution >= 4 is 22.4 Å². The van der Waals surface area contributed by atoms with Gasteiger partial charge in [0.2, 0.25) is 0 Å². The van der Waals surface area contributed by atoms with Gasteiger partial charge in [-0.2, -0.15) is 0 Å². The molecule has 0 aliphatic carbocycles. The average Bonchev–Trinajstić information content (AvgIpc) is 3.09. The highest BCUT2D eigenvalue weighted by Gasteiger charge is 2.23. The number of halogens is 1. The largest absolute Gasteiger partial charge is 0.421 e. The molecule has 1 aliphatic rings. The number of nitrogens with two attached hydrogens (primary N) is 1. The van der Waals surface area contributed by atoms with E-state index in [9.17, 15) is 0 Å².